The van der Waals surface area contributed by atoms with Crippen LogP contribution in [0.25, 0.3) is 0 Å². The van der Waals surface area contributed by atoms with E-state index in [0.717, 1.165) is 25.9 Å². The van der Waals surface area contributed by atoms with E-state index in [1.807, 2.05) is 0 Å². The van der Waals surface area contributed by atoms with E-state index in [2.05, 4.69) is 4.98 Å². The lowest BCUT2D eigenvalue weighted by Crippen LogP contribution is -2.22. The summed E-state index contributed by atoms with van der Waals surface area (Å²) in [5.41, 5.74) is 1.06. The third-order valence-electron chi connectivity index (χ3n) is 2.64. The van der Waals surface area contributed by atoms with Crippen molar-refractivity contribution in [2.75, 3.05) is 6.61 Å². The van der Waals surface area contributed by atoms with Crippen LogP contribution in [0.15, 0.2) is 12.3 Å². The molecule has 4 nitrogen and oxygen atoms in total. The molecule has 17 heavy (non-hydrogen) atoms. The highest BCUT2D eigenvalue weighted by molar-refractivity contribution is 6.30. The van der Waals surface area contributed by atoms with Gasteiger partial charge in [-0.05, 0) is 25.3 Å². The van der Waals surface area contributed by atoms with Crippen molar-refractivity contribution in [3.05, 3.63) is 28.5 Å². The predicted octanol–water partition coefficient (Wildman–Crippen LogP) is 2.59. The van der Waals surface area contributed by atoms with Gasteiger partial charge < -0.3 is 9.47 Å². The molecule has 92 valence electrons. The summed E-state index contributed by atoms with van der Waals surface area (Å²) < 4.78 is 11.0. The van der Waals surface area contributed by atoms with Crippen molar-refractivity contribution >= 4 is 17.9 Å². The summed E-state index contributed by atoms with van der Waals surface area (Å²) >= 11 is 5.83. The standard InChI is InChI=1S/C12H14ClNO3/c13-10-5-9(11(7-15)14-6-10)8-17-12-3-1-2-4-16-12/h5-7,12H,1-4,8H2/t12-/m0/s1. The Kier molecular flexibility index (Phi) is 4.48. The van der Waals surface area contributed by atoms with Crippen molar-refractivity contribution in [1.29, 1.82) is 0 Å². The first kappa shape index (κ1) is 12.5. The zero-order valence-corrected chi connectivity index (χ0v) is 10.2. The number of hydrogen-bond donors (Lipinski definition) is 0. The molecule has 2 heterocycles. The zero-order chi connectivity index (χ0) is 12.1. The van der Waals surface area contributed by atoms with Gasteiger partial charge in [0, 0.05) is 18.4 Å². The van der Waals surface area contributed by atoms with Crippen molar-refractivity contribution < 1.29 is 14.3 Å². The van der Waals surface area contributed by atoms with Gasteiger partial charge in [0.1, 0.15) is 5.69 Å². The molecule has 1 atom stereocenters. The van der Waals surface area contributed by atoms with Crippen LogP contribution in [0.4, 0.5) is 0 Å². The second-order valence-electron chi connectivity index (χ2n) is 3.92. The molecule has 1 fully saturated rings. The minimum atomic E-state index is -0.178. The average molecular weight is 256 g/mol. The highest BCUT2D eigenvalue weighted by Crippen LogP contribution is 2.18. The second kappa shape index (κ2) is 6.10. The van der Waals surface area contributed by atoms with Crippen molar-refractivity contribution in [3.8, 4) is 0 Å². The summed E-state index contributed by atoms with van der Waals surface area (Å²) in [6.07, 6.45) is 5.06. The molecule has 1 aliphatic heterocycles. The number of carbonyl (C=O) groups excluding carboxylic acids is 1. The fourth-order valence-electron chi connectivity index (χ4n) is 1.74. The molecular formula is C12H14ClNO3. The molecule has 5 heteroatoms. The average Bonchev–Trinajstić information content (AvgIpc) is 2.38. The molecule has 2 rings (SSSR count). The van der Waals surface area contributed by atoms with Crippen LogP contribution in [0.3, 0.4) is 0 Å². The summed E-state index contributed by atoms with van der Waals surface area (Å²) in [6.45, 7) is 1.03. The molecule has 0 N–H and O–H groups in total. The third kappa shape index (κ3) is 3.49. The highest BCUT2D eigenvalue weighted by atomic mass is 35.5. The molecule has 1 aliphatic rings. The highest BCUT2D eigenvalue weighted by Gasteiger charge is 2.15. The fraction of sp³-hybridized carbons (Fsp3) is 0.500. The van der Waals surface area contributed by atoms with Gasteiger partial charge >= 0.3 is 0 Å². The van der Waals surface area contributed by atoms with E-state index < -0.39 is 0 Å². The molecule has 0 saturated carbocycles. The minimum Gasteiger partial charge on any atom is -0.353 e. The Morgan fingerprint density at radius 2 is 2.47 bits per heavy atom. The maximum absolute atomic E-state index is 10.8. The van der Waals surface area contributed by atoms with E-state index in [0.29, 0.717) is 29.2 Å². The quantitative estimate of drug-likeness (QED) is 0.776. The Labute approximate surface area is 105 Å². The molecule has 0 aromatic carbocycles. The lowest BCUT2D eigenvalue weighted by molar-refractivity contribution is -0.169. The van der Waals surface area contributed by atoms with Gasteiger partial charge in [-0.2, -0.15) is 0 Å². The molecule has 1 saturated heterocycles. The Balaban J connectivity index is 1.97. The number of carbonyl (C=O) groups is 1. The maximum atomic E-state index is 10.8. The molecule has 0 radical (unpaired) electrons. The van der Waals surface area contributed by atoms with E-state index in [-0.39, 0.29) is 6.29 Å². The lowest BCUT2D eigenvalue weighted by atomic mass is 10.2. The van der Waals surface area contributed by atoms with Crippen LogP contribution in [0.1, 0.15) is 35.3 Å². The van der Waals surface area contributed by atoms with Gasteiger partial charge in [0.2, 0.25) is 0 Å². The van der Waals surface area contributed by atoms with Crippen LogP contribution in [0, 0.1) is 0 Å². The number of nitrogens with zero attached hydrogens (tertiary/aromatic N) is 1. The van der Waals surface area contributed by atoms with Crippen LogP contribution in [0.5, 0.6) is 0 Å². The van der Waals surface area contributed by atoms with Crippen molar-refractivity contribution in [3.63, 3.8) is 0 Å². The Bertz CT molecular complexity index is 391. The van der Waals surface area contributed by atoms with Crippen LogP contribution in [-0.4, -0.2) is 24.2 Å². The Morgan fingerprint density at radius 3 is 3.18 bits per heavy atom. The van der Waals surface area contributed by atoms with E-state index in [4.69, 9.17) is 21.1 Å². The van der Waals surface area contributed by atoms with Crippen LogP contribution in [0.2, 0.25) is 5.02 Å². The van der Waals surface area contributed by atoms with Crippen molar-refractivity contribution in [1.82, 2.24) is 4.98 Å². The number of hydrogen-bond acceptors (Lipinski definition) is 4. The molecule has 0 spiro atoms. The lowest BCUT2D eigenvalue weighted by Gasteiger charge is -2.22. The molecule has 0 bridgehead atoms. The van der Waals surface area contributed by atoms with Gasteiger partial charge in [-0.15, -0.1) is 0 Å². The van der Waals surface area contributed by atoms with Gasteiger partial charge in [-0.25, -0.2) is 0 Å². The van der Waals surface area contributed by atoms with Gasteiger partial charge in [0.25, 0.3) is 0 Å². The number of pyridine rings is 1. The summed E-state index contributed by atoms with van der Waals surface area (Å²) in [5, 5.41) is 0.499. The first-order chi connectivity index (χ1) is 8.29. The maximum Gasteiger partial charge on any atom is 0.168 e. The first-order valence-electron chi connectivity index (χ1n) is 5.62. The largest absolute Gasteiger partial charge is 0.353 e. The first-order valence-corrected chi connectivity index (χ1v) is 6.00. The molecule has 0 unspecified atom stereocenters. The van der Waals surface area contributed by atoms with Gasteiger partial charge in [0.05, 0.1) is 11.6 Å². The van der Waals surface area contributed by atoms with Crippen LogP contribution in [-0.2, 0) is 16.1 Å². The third-order valence-corrected chi connectivity index (χ3v) is 2.85. The number of ether oxygens (including phenoxy) is 2. The van der Waals surface area contributed by atoms with E-state index >= 15 is 0 Å². The second-order valence-corrected chi connectivity index (χ2v) is 4.36. The van der Waals surface area contributed by atoms with Crippen LogP contribution < -0.4 is 0 Å². The molecular weight excluding hydrogens is 242 g/mol. The SMILES string of the molecule is O=Cc1ncc(Cl)cc1CO[C@H]1CCCCO1. The van der Waals surface area contributed by atoms with Crippen molar-refractivity contribution in [2.24, 2.45) is 0 Å². The summed E-state index contributed by atoms with van der Waals surface area (Å²) in [6, 6.07) is 1.70. The van der Waals surface area contributed by atoms with Gasteiger partial charge in [-0.3, -0.25) is 9.78 Å². The van der Waals surface area contributed by atoms with Crippen LogP contribution >= 0.6 is 11.6 Å². The molecule has 1 aromatic rings. The summed E-state index contributed by atoms with van der Waals surface area (Å²) in [7, 11) is 0. The number of aromatic nitrogens is 1. The minimum absolute atomic E-state index is 0.178. The summed E-state index contributed by atoms with van der Waals surface area (Å²) in [5.74, 6) is 0. The summed E-state index contributed by atoms with van der Waals surface area (Å²) in [4.78, 5) is 14.7. The molecule has 0 amide bonds. The van der Waals surface area contributed by atoms with E-state index in [1.54, 1.807) is 6.07 Å². The fourth-order valence-corrected chi connectivity index (χ4v) is 1.92. The topological polar surface area (TPSA) is 48.4 Å². The Hall–Kier alpha value is -0.970. The smallest absolute Gasteiger partial charge is 0.168 e. The predicted molar refractivity (Wildman–Crippen MR) is 63.0 cm³/mol. The van der Waals surface area contributed by atoms with E-state index in [9.17, 15) is 4.79 Å². The molecule has 1 aromatic heterocycles. The number of halogens is 1. The van der Waals surface area contributed by atoms with Gasteiger partial charge in [0.15, 0.2) is 12.6 Å². The van der Waals surface area contributed by atoms with E-state index in [1.165, 1.54) is 6.20 Å². The molecule has 0 aliphatic carbocycles. The Morgan fingerprint density at radius 1 is 1.59 bits per heavy atom. The number of rotatable bonds is 4. The number of aldehydes is 1. The van der Waals surface area contributed by atoms with Crippen molar-refractivity contribution in [2.45, 2.75) is 32.2 Å². The monoisotopic (exact) mass is 255 g/mol. The normalized spacial score (nSPS) is 20.2. The zero-order valence-electron chi connectivity index (χ0n) is 9.39. The van der Waals surface area contributed by atoms with Gasteiger partial charge in [-0.1, -0.05) is 11.6 Å².